The number of anilines is 1. The molecule has 0 aliphatic heterocycles. The van der Waals surface area contributed by atoms with Crippen molar-refractivity contribution < 1.29 is 14.6 Å². The number of aromatic nitrogens is 2. The largest absolute Gasteiger partial charge is 0.481 e. The predicted octanol–water partition coefficient (Wildman–Crippen LogP) is 5.51. The molecule has 9 heteroatoms. The van der Waals surface area contributed by atoms with Crippen LogP contribution in [0, 0.1) is 13.8 Å². The summed E-state index contributed by atoms with van der Waals surface area (Å²) in [6.07, 6.45) is 1.47. The maximum absolute atomic E-state index is 10.5. The van der Waals surface area contributed by atoms with Gasteiger partial charge in [-0.15, -0.1) is 10.2 Å². The van der Waals surface area contributed by atoms with E-state index in [4.69, 9.17) is 44.6 Å². The van der Waals surface area contributed by atoms with Crippen molar-refractivity contribution >= 4 is 46.5 Å². The summed E-state index contributed by atoms with van der Waals surface area (Å²) >= 11 is 18.5. The zero-order valence-corrected chi connectivity index (χ0v) is 16.5. The first-order valence-corrected chi connectivity index (χ1v) is 9.05. The summed E-state index contributed by atoms with van der Waals surface area (Å²) in [5, 5.41) is 20.5. The van der Waals surface area contributed by atoms with Crippen LogP contribution in [0.2, 0.25) is 15.2 Å². The van der Waals surface area contributed by atoms with Gasteiger partial charge in [0, 0.05) is 24.2 Å². The maximum Gasteiger partial charge on any atom is 0.303 e. The molecule has 1 aromatic carbocycles. The number of carboxylic acid groups (broad SMARTS) is 1. The van der Waals surface area contributed by atoms with Gasteiger partial charge in [0.1, 0.15) is 0 Å². The van der Waals surface area contributed by atoms with Crippen LogP contribution < -0.4 is 10.1 Å². The SMILES string of the molecule is Cc1c(Cl)nnc(Oc2c(Cl)cc(NCCCCC(=O)O)cc2Cl)c1C. The molecule has 0 spiro atoms. The normalized spacial score (nSPS) is 10.7. The van der Waals surface area contributed by atoms with E-state index in [1.807, 2.05) is 13.8 Å². The number of carbonyl (C=O) groups is 1. The van der Waals surface area contributed by atoms with Crippen molar-refractivity contribution in [2.75, 3.05) is 11.9 Å². The number of halogens is 3. The molecule has 2 rings (SSSR count). The third kappa shape index (κ3) is 5.37. The summed E-state index contributed by atoms with van der Waals surface area (Å²) in [7, 11) is 0. The molecule has 140 valence electrons. The fourth-order valence-electron chi connectivity index (χ4n) is 2.14. The number of ether oxygens (including phenoxy) is 1. The van der Waals surface area contributed by atoms with Gasteiger partial charge in [0.15, 0.2) is 10.9 Å². The highest BCUT2D eigenvalue weighted by atomic mass is 35.5. The Morgan fingerprint density at radius 2 is 1.77 bits per heavy atom. The fraction of sp³-hybridized carbons (Fsp3) is 0.353. The van der Waals surface area contributed by atoms with Gasteiger partial charge >= 0.3 is 5.97 Å². The van der Waals surface area contributed by atoms with E-state index in [1.54, 1.807) is 12.1 Å². The summed E-state index contributed by atoms with van der Waals surface area (Å²) in [5.41, 5.74) is 2.24. The highest BCUT2D eigenvalue weighted by molar-refractivity contribution is 6.37. The first-order valence-electron chi connectivity index (χ1n) is 7.91. The van der Waals surface area contributed by atoms with Crippen molar-refractivity contribution in [1.82, 2.24) is 10.2 Å². The molecule has 2 aromatic rings. The van der Waals surface area contributed by atoms with E-state index in [-0.39, 0.29) is 18.1 Å². The second-order valence-electron chi connectivity index (χ2n) is 5.69. The number of unbranched alkanes of at least 4 members (excludes halogenated alkanes) is 1. The van der Waals surface area contributed by atoms with Gasteiger partial charge in [0.05, 0.1) is 10.0 Å². The third-order valence-electron chi connectivity index (χ3n) is 3.76. The fourth-order valence-corrected chi connectivity index (χ4v) is 2.89. The van der Waals surface area contributed by atoms with E-state index in [0.29, 0.717) is 28.2 Å². The van der Waals surface area contributed by atoms with Crippen LogP contribution in [0.1, 0.15) is 30.4 Å². The molecular formula is C17H18Cl3N3O3. The Morgan fingerprint density at radius 3 is 2.38 bits per heavy atom. The zero-order valence-electron chi connectivity index (χ0n) is 14.3. The number of rotatable bonds is 8. The molecule has 0 saturated heterocycles. The van der Waals surface area contributed by atoms with E-state index >= 15 is 0 Å². The van der Waals surface area contributed by atoms with Crippen molar-refractivity contribution in [3.63, 3.8) is 0 Å². The van der Waals surface area contributed by atoms with E-state index in [0.717, 1.165) is 23.2 Å². The third-order valence-corrected chi connectivity index (χ3v) is 4.69. The average Bonchev–Trinajstić information content (AvgIpc) is 2.57. The van der Waals surface area contributed by atoms with Crippen LogP contribution in [0.15, 0.2) is 12.1 Å². The number of nitrogens with zero attached hydrogens (tertiary/aromatic N) is 2. The number of carboxylic acids is 1. The monoisotopic (exact) mass is 417 g/mol. The minimum atomic E-state index is -0.798. The minimum absolute atomic E-state index is 0.150. The molecule has 0 aliphatic rings. The highest BCUT2D eigenvalue weighted by Gasteiger charge is 2.15. The molecule has 2 N–H and O–H groups in total. The Hall–Kier alpha value is -1.76. The lowest BCUT2D eigenvalue weighted by Crippen LogP contribution is -2.04. The van der Waals surface area contributed by atoms with Crippen molar-refractivity contribution in [3.8, 4) is 11.6 Å². The molecule has 1 aromatic heterocycles. The van der Waals surface area contributed by atoms with Crippen molar-refractivity contribution in [2.45, 2.75) is 33.1 Å². The minimum Gasteiger partial charge on any atom is -0.481 e. The Morgan fingerprint density at radius 1 is 1.12 bits per heavy atom. The standard InChI is InChI=1S/C17H18Cl3N3O3/c1-9-10(2)17(23-22-16(9)20)26-15-12(18)7-11(8-13(15)19)21-6-4-3-5-14(24)25/h7-8,21H,3-6H2,1-2H3,(H,24,25). The molecular weight excluding hydrogens is 401 g/mol. The lowest BCUT2D eigenvalue weighted by molar-refractivity contribution is -0.137. The lowest BCUT2D eigenvalue weighted by atomic mass is 10.2. The highest BCUT2D eigenvalue weighted by Crippen LogP contribution is 2.39. The van der Waals surface area contributed by atoms with E-state index < -0.39 is 5.97 Å². The van der Waals surface area contributed by atoms with Gasteiger partial charge < -0.3 is 15.2 Å². The number of nitrogens with one attached hydrogen (secondary N) is 1. The molecule has 1 heterocycles. The van der Waals surface area contributed by atoms with Crippen molar-refractivity contribution in [3.05, 3.63) is 38.5 Å². The summed E-state index contributed by atoms with van der Waals surface area (Å²) in [6, 6.07) is 3.37. The molecule has 0 atom stereocenters. The van der Waals surface area contributed by atoms with Crippen LogP contribution >= 0.6 is 34.8 Å². The lowest BCUT2D eigenvalue weighted by Gasteiger charge is -2.14. The molecule has 0 fully saturated rings. The van der Waals surface area contributed by atoms with Crippen LogP contribution in [0.5, 0.6) is 11.6 Å². The molecule has 0 radical (unpaired) electrons. The topological polar surface area (TPSA) is 84.3 Å². The Labute approximate surface area is 166 Å². The van der Waals surface area contributed by atoms with Crippen LogP contribution in [0.4, 0.5) is 5.69 Å². The smallest absolute Gasteiger partial charge is 0.303 e. The molecule has 0 saturated carbocycles. The van der Waals surface area contributed by atoms with Crippen LogP contribution in [0.25, 0.3) is 0 Å². The van der Waals surface area contributed by atoms with Gasteiger partial charge in [0.2, 0.25) is 5.88 Å². The number of aliphatic carboxylic acids is 1. The van der Waals surface area contributed by atoms with Gasteiger partial charge in [0.25, 0.3) is 0 Å². The second kappa shape index (κ2) is 9.26. The van der Waals surface area contributed by atoms with Gasteiger partial charge in [-0.3, -0.25) is 4.79 Å². The van der Waals surface area contributed by atoms with Crippen LogP contribution in [-0.4, -0.2) is 27.8 Å². The van der Waals surface area contributed by atoms with Crippen LogP contribution in [0.3, 0.4) is 0 Å². The van der Waals surface area contributed by atoms with Crippen LogP contribution in [-0.2, 0) is 4.79 Å². The second-order valence-corrected chi connectivity index (χ2v) is 6.87. The Kier molecular flexibility index (Phi) is 7.32. The predicted molar refractivity (Wildman–Crippen MR) is 103 cm³/mol. The van der Waals surface area contributed by atoms with Gasteiger partial charge in [-0.2, -0.15) is 0 Å². The first-order chi connectivity index (χ1) is 12.3. The van der Waals surface area contributed by atoms with Crippen molar-refractivity contribution in [1.29, 1.82) is 0 Å². The van der Waals surface area contributed by atoms with E-state index in [1.165, 1.54) is 0 Å². The summed E-state index contributed by atoms with van der Waals surface area (Å²) in [6.45, 7) is 4.25. The zero-order chi connectivity index (χ0) is 19.3. The number of hydrogen-bond donors (Lipinski definition) is 2. The number of hydrogen-bond acceptors (Lipinski definition) is 5. The first kappa shape index (κ1) is 20.6. The summed E-state index contributed by atoms with van der Waals surface area (Å²) < 4.78 is 5.74. The average molecular weight is 419 g/mol. The maximum atomic E-state index is 10.5. The van der Waals surface area contributed by atoms with Gasteiger partial charge in [-0.05, 0) is 44.4 Å². The summed E-state index contributed by atoms with van der Waals surface area (Å²) in [5.74, 6) is -0.234. The molecule has 0 aliphatic carbocycles. The number of benzene rings is 1. The molecule has 0 amide bonds. The Bertz CT molecular complexity index is 792. The van der Waals surface area contributed by atoms with Gasteiger partial charge in [-0.1, -0.05) is 34.8 Å². The molecule has 0 bridgehead atoms. The molecule has 26 heavy (non-hydrogen) atoms. The quantitative estimate of drug-likeness (QED) is 0.550. The van der Waals surface area contributed by atoms with E-state index in [2.05, 4.69) is 15.5 Å². The molecule has 6 nitrogen and oxygen atoms in total. The Balaban J connectivity index is 2.07. The van der Waals surface area contributed by atoms with Crippen molar-refractivity contribution in [2.24, 2.45) is 0 Å². The summed E-state index contributed by atoms with van der Waals surface area (Å²) in [4.78, 5) is 10.5. The van der Waals surface area contributed by atoms with Gasteiger partial charge in [-0.25, -0.2) is 0 Å². The molecule has 0 unspecified atom stereocenters. The van der Waals surface area contributed by atoms with E-state index in [9.17, 15) is 4.79 Å².